The second-order valence-corrected chi connectivity index (χ2v) is 6.91. The minimum atomic E-state index is 0.0254. The maximum Gasteiger partial charge on any atom is 0.0965 e. The summed E-state index contributed by atoms with van der Waals surface area (Å²) in [6.07, 6.45) is 7.75. The number of nitrogens with zero attached hydrogens (tertiary/aromatic N) is 3. The Morgan fingerprint density at radius 2 is 1.89 bits per heavy atom. The molecule has 0 unspecified atom stereocenters. The molecule has 0 spiro atoms. The lowest BCUT2D eigenvalue weighted by atomic mass is 10.1. The molecule has 0 saturated heterocycles. The van der Waals surface area contributed by atoms with Crippen molar-refractivity contribution in [2.24, 2.45) is 11.8 Å². The molecule has 0 radical (unpaired) electrons. The molecule has 3 rings (SSSR count). The van der Waals surface area contributed by atoms with Crippen LogP contribution in [0.5, 0.6) is 0 Å². The molecule has 2 aliphatic carbocycles. The fraction of sp³-hybridized carbons (Fsp3) is 0.857. The Hall–Kier alpha value is -0.900. The maximum atomic E-state index is 4.26. The van der Waals surface area contributed by atoms with Crippen molar-refractivity contribution in [2.45, 2.75) is 64.6 Å². The predicted octanol–water partition coefficient (Wildman–Crippen LogP) is 2.31. The van der Waals surface area contributed by atoms with E-state index in [1.807, 2.05) is 4.68 Å². The van der Waals surface area contributed by atoms with Crippen LogP contribution in [0, 0.1) is 11.8 Å². The number of hydrogen-bond donors (Lipinski definition) is 1. The van der Waals surface area contributed by atoms with Gasteiger partial charge in [-0.05, 0) is 58.3 Å². The Labute approximate surface area is 109 Å². The van der Waals surface area contributed by atoms with Gasteiger partial charge < -0.3 is 5.32 Å². The van der Waals surface area contributed by atoms with Gasteiger partial charge in [0.25, 0.3) is 0 Å². The van der Waals surface area contributed by atoms with Crippen molar-refractivity contribution >= 4 is 0 Å². The van der Waals surface area contributed by atoms with Gasteiger partial charge in [-0.3, -0.25) is 0 Å². The Morgan fingerprint density at radius 3 is 2.33 bits per heavy atom. The molecular weight excluding hydrogens is 224 g/mol. The molecule has 1 N–H and O–H groups in total. The second-order valence-electron chi connectivity index (χ2n) is 6.91. The molecule has 0 aliphatic heterocycles. The van der Waals surface area contributed by atoms with E-state index < -0.39 is 0 Å². The van der Waals surface area contributed by atoms with Gasteiger partial charge in [0, 0.05) is 12.6 Å². The van der Waals surface area contributed by atoms with E-state index in [4.69, 9.17) is 0 Å². The van der Waals surface area contributed by atoms with Crippen LogP contribution in [0.1, 0.15) is 52.1 Å². The largest absolute Gasteiger partial charge is 0.308 e. The molecule has 1 heterocycles. The van der Waals surface area contributed by atoms with Crippen LogP contribution >= 0.6 is 0 Å². The molecule has 1 aromatic rings. The highest BCUT2D eigenvalue weighted by Crippen LogP contribution is 2.44. The summed E-state index contributed by atoms with van der Waals surface area (Å²) in [5, 5.41) is 12.2. The van der Waals surface area contributed by atoms with Crippen molar-refractivity contribution in [1.29, 1.82) is 0 Å². The molecule has 0 bridgehead atoms. The van der Waals surface area contributed by atoms with Gasteiger partial charge in [0.05, 0.1) is 17.4 Å². The van der Waals surface area contributed by atoms with Crippen molar-refractivity contribution in [2.75, 3.05) is 0 Å². The first kappa shape index (κ1) is 12.2. The summed E-state index contributed by atoms with van der Waals surface area (Å²) in [5.41, 5.74) is 1.09. The Morgan fingerprint density at radius 1 is 1.28 bits per heavy atom. The first-order valence-electron chi connectivity index (χ1n) is 7.19. The maximum absolute atomic E-state index is 4.26. The van der Waals surface area contributed by atoms with E-state index in [0.717, 1.165) is 30.1 Å². The Balaban J connectivity index is 1.57. The molecule has 1 aromatic heterocycles. The quantitative estimate of drug-likeness (QED) is 0.869. The minimum absolute atomic E-state index is 0.0254. The SMILES string of the molecule is CC(C)(C)n1cc(CNC(C2CC2)C2CC2)nn1. The highest BCUT2D eigenvalue weighted by atomic mass is 15.4. The fourth-order valence-electron chi connectivity index (χ4n) is 2.56. The third-order valence-electron chi connectivity index (χ3n) is 4.01. The van der Waals surface area contributed by atoms with Crippen molar-refractivity contribution in [3.05, 3.63) is 11.9 Å². The lowest BCUT2D eigenvalue weighted by Crippen LogP contribution is -2.32. The second kappa shape index (κ2) is 4.34. The molecule has 0 amide bonds. The zero-order chi connectivity index (χ0) is 12.8. The number of nitrogens with one attached hydrogen (secondary N) is 1. The summed E-state index contributed by atoms with van der Waals surface area (Å²) in [4.78, 5) is 0. The molecule has 4 nitrogen and oxygen atoms in total. The number of rotatable bonds is 5. The van der Waals surface area contributed by atoms with Crippen LogP contribution in [0.25, 0.3) is 0 Å². The Bertz CT molecular complexity index is 398. The van der Waals surface area contributed by atoms with E-state index in [0.29, 0.717) is 0 Å². The predicted molar refractivity (Wildman–Crippen MR) is 71.1 cm³/mol. The summed E-state index contributed by atoms with van der Waals surface area (Å²) in [7, 11) is 0. The fourth-order valence-corrected chi connectivity index (χ4v) is 2.56. The van der Waals surface area contributed by atoms with Gasteiger partial charge in [0.2, 0.25) is 0 Å². The zero-order valence-corrected chi connectivity index (χ0v) is 11.7. The number of aromatic nitrogens is 3. The van der Waals surface area contributed by atoms with Crippen molar-refractivity contribution in [1.82, 2.24) is 20.3 Å². The van der Waals surface area contributed by atoms with Crippen LogP contribution in [0.15, 0.2) is 6.20 Å². The first-order valence-corrected chi connectivity index (χ1v) is 7.19. The van der Waals surface area contributed by atoms with Crippen molar-refractivity contribution < 1.29 is 0 Å². The third kappa shape index (κ3) is 2.74. The summed E-state index contributed by atoms with van der Waals surface area (Å²) in [6, 6.07) is 0.741. The van der Waals surface area contributed by atoms with Gasteiger partial charge in [-0.1, -0.05) is 5.21 Å². The highest BCUT2D eigenvalue weighted by Gasteiger charge is 2.41. The van der Waals surface area contributed by atoms with E-state index >= 15 is 0 Å². The van der Waals surface area contributed by atoms with Crippen LogP contribution in [-0.4, -0.2) is 21.0 Å². The van der Waals surface area contributed by atoms with Crippen molar-refractivity contribution in [3.63, 3.8) is 0 Å². The molecular formula is C14H24N4. The summed E-state index contributed by atoms with van der Waals surface area (Å²) < 4.78 is 1.95. The number of hydrogen-bond acceptors (Lipinski definition) is 3. The summed E-state index contributed by atoms with van der Waals surface area (Å²) in [5.74, 6) is 1.88. The van der Waals surface area contributed by atoms with E-state index in [2.05, 4.69) is 42.6 Å². The molecule has 4 heteroatoms. The topological polar surface area (TPSA) is 42.7 Å². The molecule has 2 fully saturated rings. The Kier molecular flexibility index (Phi) is 2.93. The zero-order valence-electron chi connectivity index (χ0n) is 11.7. The normalized spacial score (nSPS) is 20.7. The van der Waals surface area contributed by atoms with Gasteiger partial charge >= 0.3 is 0 Å². The van der Waals surface area contributed by atoms with Crippen molar-refractivity contribution in [3.8, 4) is 0 Å². The van der Waals surface area contributed by atoms with Crippen LogP contribution in [-0.2, 0) is 12.1 Å². The average Bonchev–Trinajstić information content (AvgIpc) is 3.19. The van der Waals surface area contributed by atoms with E-state index in [-0.39, 0.29) is 5.54 Å². The summed E-state index contributed by atoms with van der Waals surface area (Å²) in [6.45, 7) is 7.32. The molecule has 0 aromatic carbocycles. The standard InChI is InChI=1S/C14H24N4/c1-14(2,3)18-9-12(16-17-18)8-15-13(10-4-5-10)11-6-7-11/h9-11,13,15H,4-8H2,1-3H3. The average molecular weight is 248 g/mol. The van der Waals surface area contributed by atoms with Gasteiger partial charge in [-0.15, -0.1) is 5.10 Å². The van der Waals surface area contributed by atoms with Crippen LogP contribution < -0.4 is 5.32 Å². The van der Waals surface area contributed by atoms with Gasteiger partial charge in [-0.2, -0.15) is 0 Å². The van der Waals surface area contributed by atoms with Crippen LogP contribution in [0.4, 0.5) is 0 Å². The van der Waals surface area contributed by atoms with Gasteiger partial charge in [-0.25, -0.2) is 4.68 Å². The van der Waals surface area contributed by atoms with Gasteiger partial charge in [0.1, 0.15) is 0 Å². The molecule has 2 aliphatic rings. The molecule has 0 atom stereocenters. The van der Waals surface area contributed by atoms with E-state index in [1.54, 1.807) is 0 Å². The monoisotopic (exact) mass is 248 g/mol. The highest BCUT2D eigenvalue weighted by molar-refractivity contribution is 5.00. The van der Waals surface area contributed by atoms with Crippen LogP contribution in [0.3, 0.4) is 0 Å². The lowest BCUT2D eigenvalue weighted by Gasteiger charge is -2.18. The third-order valence-corrected chi connectivity index (χ3v) is 4.01. The van der Waals surface area contributed by atoms with E-state index in [9.17, 15) is 0 Å². The minimum Gasteiger partial charge on any atom is -0.308 e. The van der Waals surface area contributed by atoms with E-state index in [1.165, 1.54) is 25.7 Å². The van der Waals surface area contributed by atoms with Crippen LogP contribution in [0.2, 0.25) is 0 Å². The summed E-state index contributed by atoms with van der Waals surface area (Å²) >= 11 is 0. The first-order chi connectivity index (χ1) is 8.54. The molecule has 2 saturated carbocycles. The molecule has 18 heavy (non-hydrogen) atoms. The smallest absolute Gasteiger partial charge is 0.0965 e. The molecule has 100 valence electrons. The lowest BCUT2D eigenvalue weighted by molar-refractivity contribution is 0.346. The van der Waals surface area contributed by atoms with Gasteiger partial charge in [0.15, 0.2) is 0 Å².